The quantitative estimate of drug-likeness (QED) is 0.719. The van der Waals surface area contributed by atoms with Crippen LogP contribution in [0.2, 0.25) is 0 Å². The molecular formula is C18H22BrFN2O2. The lowest BCUT2D eigenvalue weighted by molar-refractivity contribution is -0.143. The lowest BCUT2D eigenvalue weighted by Crippen LogP contribution is -2.52. The number of rotatable bonds is 2. The number of carbonyl (C=O) groups is 2. The predicted molar refractivity (Wildman–Crippen MR) is 95.7 cm³/mol. The van der Waals surface area contributed by atoms with Crippen molar-refractivity contribution in [3.63, 3.8) is 0 Å². The number of amides is 2. The first-order valence-corrected chi connectivity index (χ1v) is 8.69. The van der Waals surface area contributed by atoms with Crippen molar-refractivity contribution in [2.75, 3.05) is 26.2 Å². The minimum Gasteiger partial charge on any atom is -0.339 e. The van der Waals surface area contributed by atoms with E-state index in [1.807, 2.05) is 20.8 Å². The maximum absolute atomic E-state index is 13.7. The first-order chi connectivity index (χ1) is 11.2. The van der Waals surface area contributed by atoms with Gasteiger partial charge in [0.15, 0.2) is 0 Å². The topological polar surface area (TPSA) is 40.6 Å². The zero-order valence-electron chi connectivity index (χ0n) is 14.2. The monoisotopic (exact) mass is 396 g/mol. The largest absolute Gasteiger partial charge is 0.339 e. The van der Waals surface area contributed by atoms with E-state index in [0.29, 0.717) is 31.7 Å². The molecular weight excluding hydrogens is 375 g/mol. The Labute approximate surface area is 150 Å². The van der Waals surface area contributed by atoms with Gasteiger partial charge in [0.1, 0.15) is 5.82 Å². The van der Waals surface area contributed by atoms with Crippen molar-refractivity contribution < 1.29 is 14.0 Å². The number of carbonyl (C=O) groups excluding carboxylic acids is 2. The van der Waals surface area contributed by atoms with Crippen molar-refractivity contribution >= 4 is 33.8 Å². The fourth-order valence-electron chi connectivity index (χ4n) is 2.51. The predicted octanol–water partition coefficient (Wildman–Crippen LogP) is 3.32. The Bertz CT molecular complexity index is 659. The van der Waals surface area contributed by atoms with Gasteiger partial charge in [-0.05, 0) is 24.3 Å². The molecule has 4 nitrogen and oxygen atoms in total. The number of piperazine rings is 1. The molecule has 0 bridgehead atoms. The molecule has 1 aliphatic rings. The third kappa shape index (κ3) is 4.66. The third-order valence-corrected chi connectivity index (χ3v) is 4.38. The van der Waals surface area contributed by atoms with Crippen LogP contribution in [0.15, 0.2) is 28.7 Å². The molecule has 0 atom stereocenters. The number of hydrogen-bond acceptors (Lipinski definition) is 2. The summed E-state index contributed by atoms with van der Waals surface area (Å²) in [5, 5.41) is 0. The molecule has 0 N–H and O–H groups in total. The van der Waals surface area contributed by atoms with Crippen LogP contribution in [0.5, 0.6) is 0 Å². The van der Waals surface area contributed by atoms with Crippen molar-refractivity contribution in [2.45, 2.75) is 20.8 Å². The molecule has 0 unspecified atom stereocenters. The summed E-state index contributed by atoms with van der Waals surface area (Å²) < 4.78 is 14.4. The SMILES string of the molecule is CC(C)(C)C(=O)N1CCN(C(=O)/C=C/c2cc(Br)ccc2F)CC1. The molecule has 1 aliphatic heterocycles. The van der Waals surface area contributed by atoms with Gasteiger partial charge in [-0.25, -0.2) is 4.39 Å². The molecule has 0 aromatic heterocycles. The number of nitrogens with zero attached hydrogens (tertiary/aromatic N) is 2. The molecule has 2 rings (SSSR count). The Kier molecular flexibility index (Phi) is 5.80. The van der Waals surface area contributed by atoms with Crippen LogP contribution in [-0.2, 0) is 9.59 Å². The first kappa shape index (κ1) is 18.6. The summed E-state index contributed by atoms with van der Waals surface area (Å²) in [6.45, 7) is 7.71. The molecule has 0 spiro atoms. The Morgan fingerprint density at radius 1 is 1.12 bits per heavy atom. The highest BCUT2D eigenvalue weighted by molar-refractivity contribution is 9.10. The van der Waals surface area contributed by atoms with Crippen molar-refractivity contribution in [2.24, 2.45) is 5.41 Å². The van der Waals surface area contributed by atoms with E-state index in [1.54, 1.807) is 21.9 Å². The van der Waals surface area contributed by atoms with Crippen LogP contribution in [0.1, 0.15) is 26.3 Å². The fraction of sp³-hybridized carbons (Fsp3) is 0.444. The van der Waals surface area contributed by atoms with Crippen LogP contribution < -0.4 is 0 Å². The Balaban J connectivity index is 1.95. The second-order valence-corrected chi connectivity index (χ2v) is 7.78. The molecule has 130 valence electrons. The van der Waals surface area contributed by atoms with Gasteiger partial charge in [0.2, 0.25) is 11.8 Å². The van der Waals surface area contributed by atoms with E-state index in [2.05, 4.69) is 15.9 Å². The lowest BCUT2D eigenvalue weighted by Gasteiger charge is -2.37. The highest BCUT2D eigenvalue weighted by Crippen LogP contribution is 2.19. The van der Waals surface area contributed by atoms with E-state index in [1.165, 1.54) is 18.2 Å². The molecule has 1 heterocycles. The maximum Gasteiger partial charge on any atom is 0.246 e. The number of halogens is 2. The Hall–Kier alpha value is -1.69. The van der Waals surface area contributed by atoms with E-state index < -0.39 is 5.41 Å². The zero-order chi connectivity index (χ0) is 17.9. The van der Waals surface area contributed by atoms with Gasteiger partial charge < -0.3 is 9.80 Å². The van der Waals surface area contributed by atoms with Gasteiger partial charge in [-0.2, -0.15) is 0 Å². The van der Waals surface area contributed by atoms with Crippen LogP contribution >= 0.6 is 15.9 Å². The van der Waals surface area contributed by atoms with Crippen molar-refractivity contribution in [1.82, 2.24) is 9.80 Å². The second kappa shape index (κ2) is 7.47. The Morgan fingerprint density at radius 2 is 1.71 bits per heavy atom. The van der Waals surface area contributed by atoms with E-state index in [9.17, 15) is 14.0 Å². The number of benzene rings is 1. The van der Waals surface area contributed by atoms with Crippen LogP contribution in [-0.4, -0.2) is 47.8 Å². The molecule has 1 aromatic carbocycles. The minimum absolute atomic E-state index is 0.0985. The van der Waals surface area contributed by atoms with Crippen LogP contribution in [0, 0.1) is 11.2 Å². The zero-order valence-corrected chi connectivity index (χ0v) is 15.8. The lowest BCUT2D eigenvalue weighted by atomic mass is 9.94. The molecule has 2 amide bonds. The van der Waals surface area contributed by atoms with Crippen molar-refractivity contribution in [3.05, 3.63) is 40.1 Å². The smallest absolute Gasteiger partial charge is 0.246 e. The van der Waals surface area contributed by atoms with Crippen LogP contribution in [0.3, 0.4) is 0 Å². The van der Waals surface area contributed by atoms with Crippen LogP contribution in [0.25, 0.3) is 6.08 Å². The summed E-state index contributed by atoms with van der Waals surface area (Å²) in [5.41, 5.74) is -0.0520. The van der Waals surface area contributed by atoms with Gasteiger partial charge in [0.25, 0.3) is 0 Å². The molecule has 0 aliphatic carbocycles. The van der Waals surface area contributed by atoms with Gasteiger partial charge in [-0.15, -0.1) is 0 Å². The average Bonchev–Trinajstić information content (AvgIpc) is 2.54. The summed E-state index contributed by atoms with van der Waals surface area (Å²) in [6, 6.07) is 4.59. The number of hydrogen-bond donors (Lipinski definition) is 0. The van der Waals surface area contributed by atoms with E-state index in [4.69, 9.17) is 0 Å². The minimum atomic E-state index is -0.412. The molecule has 0 radical (unpaired) electrons. The summed E-state index contributed by atoms with van der Waals surface area (Å²) >= 11 is 3.28. The normalized spacial score (nSPS) is 15.9. The van der Waals surface area contributed by atoms with E-state index >= 15 is 0 Å². The molecule has 6 heteroatoms. The van der Waals surface area contributed by atoms with Crippen molar-refractivity contribution in [1.29, 1.82) is 0 Å². The van der Waals surface area contributed by atoms with Gasteiger partial charge in [-0.3, -0.25) is 9.59 Å². The van der Waals surface area contributed by atoms with Gasteiger partial charge in [0, 0.05) is 47.7 Å². The summed E-state index contributed by atoms with van der Waals surface area (Å²) in [7, 11) is 0. The van der Waals surface area contributed by atoms with Crippen LogP contribution in [0.4, 0.5) is 4.39 Å². The highest BCUT2D eigenvalue weighted by Gasteiger charge is 2.30. The van der Waals surface area contributed by atoms with E-state index in [-0.39, 0.29) is 17.6 Å². The van der Waals surface area contributed by atoms with Gasteiger partial charge in [-0.1, -0.05) is 36.7 Å². The standard InChI is InChI=1S/C18H22BrFN2O2/c1-18(2,3)17(24)22-10-8-21(9-11-22)16(23)7-4-13-12-14(19)5-6-15(13)20/h4-7,12H,8-11H2,1-3H3/b7-4+. The molecule has 0 saturated carbocycles. The average molecular weight is 397 g/mol. The highest BCUT2D eigenvalue weighted by atomic mass is 79.9. The molecule has 24 heavy (non-hydrogen) atoms. The second-order valence-electron chi connectivity index (χ2n) is 6.87. The van der Waals surface area contributed by atoms with Gasteiger partial charge in [0.05, 0.1) is 0 Å². The third-order valence-electron chi connectivity index (χ3n) is 3.88. The van der Waals surface area contributed by atoms with Crippen molar-refractivity contribution in [3.8, 4) is 0 Å². The first-order valence-electron chi connectivity index (χ1n) is 7.90. The molecule has 1 saturated heterocycles. The summed E-state index contributed by atoms with van der Waals surface area (Å²) in [5.74, 6) is -0.443. The molecule has 1 fully saturated rings. The maximum atomic E-state index is 13.7. The van der Waals surface area contributed by atoms with Gasteiger partial charge >= 0.3 is 0 Å². The summed E-state index contributed by atoms with van der Waals surface area (Å²) in [6.07, 6.45) is 2.86. The summed E-state index contributed by atoms with van der Waals surface area (Å²) in [4.78, 5) is 28.0. The molecule has 1 aromatic rings. The Morgan fingerprint density at radius 3 is 2.29 bits per heavy atom. The van der Waals surface area contributed by atoms with E-state index in [0.717, 1.165) is 4.47 Å². The fourth-order valence-corrected chi connectivity index (χ4v) is 2.89.